The molecular formula is C18H14ClFN2O2S. The number of ketones is 1. The van der Waals surface area contributed by atoms with Gasteiger partial charge in [-0.25, -0.2) is 9.37 Å². The predicted octanol–water partition coefficient (Wildman–Crippen LogP) is 4.25. The van der Waals surface area contributed by atoms with Crippen molar-refractivity contribution in [1.29, 1.82) is 0 Å². The van der Waals surface area contributed by atoms with Gasteiger partial charge in [0.1, 0.15) is 11.6 Å². The first-order valence-corrected chi connectivity index (χ1v) is 8.78. The van der Waals surface area contributed by atoms with E-state index in [0.717, 1.165) is 0 Å². The first kappa shape index (κ1) is 17.6. The molecule has 7 heteroatoms. The molecule has 1 unspecified atom stereocenters. The van der Waals surface area contributed by atoms with Gasteiger partial charge >= 0.3 is 0 Å². The first-order chi connectivity index (χ1) is 11.9. The zero-order chi connectivity index (χ0) is 18.1. The highest BCUT2D eigenvalue weighted by Crippen LogP contribution is 2.27. The molecule has 25 heavy (non-hydrogen) atoms. The average Bonchev–Trinajstić information content (AvgIpc) is 2.58. The van der Waals surface area contributed by atoms with E-state index in [0.29, 0.717) is 21.7 Å². The van der Waals surface area contributed by atoms with Gasteiger partial charge in [0.05, 0.1) is 26.9 Å². The average molecular weight is 377 g/mol. The van der Waals surface area contributed by atoms with Gasteiger partial charge in [0.15, 0.2) is 5.16 Å². The molecular weight excluding hydrogens is 363 g/mol. The lowest BCUT2D eigenvalue weighted by Gasteiger charge is -2.15. The lowest BCUT2D eigenvalue weighted by Crippen LogP contribution is -2.23. The number of aromatic nitrogens is 2. The van der Waals surface area contributed by atoms with E-state index in [9.17, 15) is 14.0 Å². The fraction of sp³-hybridized carbons (Fsp3) is 0.167. The Bertz CT molecular complexity index is 1040. The van der Waals surface area contributed by atoms with Crippen LogP contribution in [0.3, 0.4) is 0 Å². The van der Waals surface area contributed by atoms with Crippen LogP contribution in [0.1, 0.15) is 13.8 Å². The van der Waals surface area contributed by atoms with E-state index >= 15 is 0 Å². The van der Waals surface area contributed by atoms with Crippen LogP contribution in [0.5, 0.6) is 0 Å². The van der Waals surface area contributed by atoms with Crippen molar-refractivity contribution in [1.82, 2.24) is 9.55 Å². The van der Waals surface area contributed by atoms with Gasteiger partial charge < -0.3 is 0 Å². The number of rotatable bonds is 4. The lowest BCUT2D eigenvalue weighted by molar-refractivity contribution is -0.116. The summed E-state index contributed by atoms with van der Waals surface area (Å²) < 4.78 is 14.9. The smallest absolute Gasteiger partial charge is 0.266 e. The molecule has 0 saturated heterocycles. The molecule has 0 aliphatic rings. The molecule has 0 saturated carbocycles. The molecule has 3 aromatic rings. The number of fused-ring (bicyclic) bond motifs is 1. The number of halogens is 2. The van der Waals surface area contributed by atoms with E-state index in [4.69, 9.17) is 11.6 Å². The maximum atomic E-state index is 13.5. The number of hydrogen-bond donors (Lipinski definition) is 0. The number of para-hydroxylation sites is 1. The zero-order valence-electron chi connectivity index (χ0n) is 13.5. The topological polar surface area (TPSA) is 52.0 Å². The Morgan fingerprint density at radius 1 is 1.28 bits per heavy atom. The Morgan fingerprint density at radius 2 is 2.00 bits per heavy atom. The Morgan fingerprint density at radius 3 is 2.68 bits per heavy atom. The normalized spacial score (nSPS) is 12.3. The molecule has 128 valence electrons. The van der Waals surface area contributed by atoms with Gasteiger partial charge in [-0.2, -0.15) is 0 Å². The molecule has 1 heterocycles. The van der Waals surface area contributed by atoms with E-state index in [1.807, 2.05) is 0 Å². The van der Waals surface area contributed by atoms with Crippen LogP contribution in [0.4, 0.5) is 4.39 Å². The number of benzene rings is 2. The first-order valence-electron chi connectivity index (χ1n) is 7.53. The van der Waals surface area contributed by atoms with E-state index in [1.165, 1.54) is 41.5 Å². The van der Waals surface area contributed by atoms with Crippen molar-refractivity contribution >= 4 is 40.0 Å². The quantitative estimate of drug-likeness (QED) is 0.504. The molecule has 4 nitrogen and oxygen atoms in total. The molecule has 1 aromatic heterocycles. The molecule has 0 aliphatic carbocycles. The second-order valence-corrected chi connectivity index (χ2v) is 7.24. The second-order valence-electron chi connectivity index (χ2n) is 5.52. The van der Waals surface area contributed by atoms with Crippen LogP contribution in [0.15, 0.2) is 52.4 Å². The van der Waals surface area contributed by atoms with Crippen LogP contribution in [-0.2, 0) is 4.79 Å². The summed E-state index contributed by atoms with van der Waals surface area (Å²) in [7, 11) is 0. The van der Waals surface area contributed by atoms with Crippen LogP contribution in [0.2, 0.25) is 5.02 Å². The summed E-state index contributed by atoms with van der Waals surface area (Å²) in [6.07, 6.45) is 0. The van der Waals surface area contributed by atoms with Crippen molar-refractivity contribution in [3.8, 4) is 5.69 Å². The molecule has 0 N–H and O–H groups in total. The van der Waals surface area contributed by atoms with Gasteiger partial charge in [0, 0.05) is 0 Å². The fourth-order valence-corrected chi connectivity index (χ4v) is 3.39. The third kappa shape index (κ3) is 3.45. The number of nitrogens with zero attached hydrogens (tertiary/aromatic N) is 2. The summed E-state index contributed by atoms with van der Waals surface area (Å²) in [5.41, 5.74) is 0.634. The van der Waals surface area contributed by atoms with Crippen LogP contribution in [0, 0.1) is 5.82 Å². The van der Waals surface area contributed by atoms with Gasteiger partial charge in [-0.1, -0.05) is 35.5 Å². The van der Waals surface area contributed by atoms with E-state index < -0.39 is 5.82 Å². The van der Waals surface area contributed by atoms with Crippen LogP contribution >= 0.6 is 23.4 Å². The van der Waals surface area contributed by atoms with E-state index in [2.05, 4.69) is 4.98 Å². The molecule has 3 rings (SSSR count). The minimum absolute atomic E-state index is 0.0314. The highest BCUT2D eigenvalue weighted by molar-refractivity contribution is 8.00. The van der Waals surface area contributed by atoms with E-state index in [-0.39, 0.29) is 21.6 Å². The molecule has 0 amide bonds. The Labute approximate surface area is 152 Å². The van der Waals surface area contributed by atoms with Gasteiger partial charge in [-0.3, -0.25) is 14.2 Å². The van der Waals surface area contributed by atoms with Gasteiger partial charge in [0.25, 0.3) is 5.56 Å². The monoisotopic (exact) mass is 376 g/mol. The zero-order valence-corrected chi connectivity index (χ0v) is 15.1. The minimum Gasteiger partial charge on any atom is -0.299 e. The van der Waals surface area contributed by atoms with Gasteiger partial charge in [0.2, 0.25) is 0 Å². The van der Waals surface area contributed by atoms with Gasteiger partial charge in [-0.05, 0) is 44.2 Å². The summed E-state index contributed by atoms with van der Waals surface area (Å²) >= 11 is 7.05. The summed E-state index contributed by atoms with van der Waals surface area (Å²) in [4.78, 5) is 29.1. The van der Waals surface area contributed by atoms with Crippen molar-refractivity contribution < 1.29 is 9.18 Å². The Hall–Kier alpha value is -2.18. The molecule has 0 aliphatic heterocycles. The van der Waals surface area contributed by atoms with Crippen molar-refractivity contribution in [2.24, 2.45) is 0 Å². The molecule has 0 bridgehead atoms. The van der Waals surface area contributed by atoms with Crippen LogP contribution < -0.4 is 5.56 Å². The molecule has 0 radical (unpaired) electrons. The van der Waals surface area contributed by atoms with E-state index in [1.54, 1.807) is 31.2 Å². The Kier molecular flexibility index (Phi) is 4.92. The molecule has 0 spiro atoms. The number of Topliss-reactive ketones (excluding diaryl/α,β-unsaturated/α-hetero) is 1. The number of carbonyl (C=O) groups is 1. The second kappa shape index (κ2) is 6.98. The summed E-state index contributed by atoms with van der Waals surface area (Å²) in [6, 6.07) is 11.0. The number of carbonyl (C=O) groups excluding carboxylic acids is 1. The van der Waals surface area contributed by atoms with Crippen molar-refractivity contribution in [2.45, 2.75) is 24.3 Å². The number of hydrogen-bond acceptors (Lipinski definition) is 4. The maximum absolute atomic E-state index is 13.5. The minimum atomic E-state index is -0.571. The molecule has 1 atom stereocenters. The Balaban J connectivity index is 2.29. The van der Waals surface area contributed by atoms with Crippen molar-refractivity contribution in [3.05, 3.63) is 63.7 Å². The SMILES string of the molecule is CC(=O)C(C)Sc1nc2ccccc2c(=O)n1-c1ccc(F)c(Cl)c1. The molecule has 0 fully saturated rings. The summed E-state index contributed by atoms with van der Waals surface area (Å²) in [5, 5.41) is 0.320. The third-order valence-electron chi connectivity index (χ3n) is 3.76. The highest BCUT2D eigenvalue weighted by atomic mass is 35.5. The van der Waals surface area contributed by atoms with Crippen LogP contribution in [-0.4, -0.2) is 20.6 Å². The number of thioether (sulfide) groups is 1. The maximum Gasteiger partial charge on any atom is 0.266 e. The predicted molar refractivity (Wildman–Crippen MR) is 98.3 cm³/mol. The fourth-order valence-electron chi connectivity index (χ4n) is 2.28. The summed E-state index contributed by atoms with van der Waals surface area (Å²) in [6.45, 7) is 3.23. The summed E-state index contributed by atoms with van der Waals surface area (Å²) in [5.74, 6) is -0.602. The van der Waals surface area contributed by atoms with Crippen molar-refractivity contribution in [2.75, 3.05) is 0 Å². The third-order valence-corrected chi connectivity index (χ3v) is 5.22. The van der Waals surface area contributed by atoms with Crippen LogP contribution in [0.25, 0.3) is 16.6 Å². The standard InChI is InChI=1S/C18H14ClFN2O2S/c1-10(23)11(2)25-18-21-16-6-4-3-5-13(16)17(24)22(18)12-7-8-15(20)14(19)9-12/h3-9,11H,1-2H3. The van der Waals surface area contributed by atoms with Crippen molar-refractivity contribution in [3.63, 3.8) is 0 Å². The van der Waals surface area contributed by atoms with Gasteiger partial charge in [-0.15, -0.1) is 0 Å². The lowest BCUT2D eigenvalue weighted by atomic mass is 10.2. The highest BCUT2D eigenvalue weighted by Gasteiger charge is 2.18. The largest absolute Gasteiger partial charge is 0.299 e. The molecule has 2 aromatic carbocycles.